The number of nitrogens with zero attached hydrogens (tertiary/aromatic N) is 1. The molecule has 0 aromatic rings. The Morgan fingerprint density at radius 1 is 0.726 bits per heavy atom. The zero-order valence-corrected chi connectivity index (χ0v) is 53.2. The van der Waals surface area contributed by atoms with Crippen molar-refractivity contribution < 1.29 is 74.9 Å². The van der Waals surface area contributed by atoms with Crippen LogP contribution in [0.4, 0.5) is 0 Å². The fourth-order valence-corrected chi connectivity index (χ4v) is 11.1. The summed E-state index contributed by atoms with van der Waals surface area (Å²) in [7, 11) is 3.55. The van der Waals surface area contributed by atoms with Gasteiger partial charge in [0.05, 0.1) is 54.9 Å². The highest BCUT2D eigenvalue weighted by molar-refractivity contribution is 5.88. The maximum atomic E-state index is 13.7. The molecule has 2 heterocycles. The smallest absolute Gasteiger partial charge is 0.334 e. The molecule has 0 aromatic heterocycles. The third-order valence-electron chi connectivity index (χ3n) is 17.1. The van der Waals surface area contributed by atoms with Crippen molar-refractivity contribution in [2.75, 3.05) is 20.6 Å². The highest BCUT2D eigenvalue weighted by atomic mass is 16.7. The number of guanidine groups is 1. The van der Waals surface area contributed by atoms with E-state index in [0.717, 1.165) is 70.3 Å². The summed E-state index contributed by atoms with van der Waals surface area (Å²) in [6.45, 7) is 17.8. The Morgan fingerprint density at radius 2 is 1.36 bits per heavy atom. The molecule has 0 spiro atoms. The van der Waals surface area contributed by atoms with Crippen LogP contribution in [-0.4, -0.2) is 169 Å². The Kier molecular flexibility index (Phi) is 37.9. The van der Waals surface area contributed by atoms with E-state index in [1.54, 1.807) is 72.0 Å². The van der Waals surface area contributed by atoms with Crippen LogP contribution < -0.4 is 10.6 Å². The van der Waals surface area contributed by atoms with Gasteiger partial charge in [-0.25, -0.2) is 4.79 Å². The van der Waals surface area contributed by atoms with Gasteiger partial charge < -0.3 is 75.9 Å². The number of nitrogens with one attached hydrogen (secondary N) is 2. The van der Waals surface area contributed by atoms with E-state index in [0.29, 0.717) is 23.5 Å². The molecule has 18 heteroatoms. The third-order valence-corrected chi connectivity index (χ3v) is 17.1. The van der Waals surface area contributed by atoms with Gasteiger partial charge in [0.1, 0.15) is 18.3 Å². The van der Waals surface area contributed by atoms with Crippen LogP contribution in [-0.2, 0) is 23.8 Å². The van der Waals surface area contributed by atoms with E-state index in [1.165, 1.54) is 12.8 Å². The van der Waals surface area contributed by atoms with E-state index in [-0.39, 0.29) is 69.6 Å². The minimum Gasteiger partial charge on any atom is -0.462 e. The first-order valence-corrected chi connectivity index (χ1v) is 31.9. The van der Waals surface area contributed by atoms with E-state index in [2.05, 4.69) is 48.5 Å². The summed E-state index contributed by atoms with van der Waals surface area (Å²) in [5.74, 6) is -3.97. The predicted molar refractivity (Wildman–Crippen MR) is 331 cm³/mol. The fourth-order valence-electron chi connectivity index (χ4n) is 11.1. The average Bonchev–Trinajstić information content (AvgIpc) is 3.61. The topological polar surface area (TPSA) is 301 Å². The number of allylic oxidation sites excluding steroid dienone is 6. The zero-order chi connectivity index (χ0) is 62.9. The predicted octanol–water partition coefficient (Wildman–Crippen LogP) is 7.93. The molecule has 18 atom stereocenters. The molecule has 0 aromatic carbocycles. The number of ether oxygens (including phenoxy) is 3. The molecule has 0 unspecified atom stereocenters. The number of hydrogen-bond donors (Lipinski definition) is 12. The number of carbonyl (C=O) groups is 2. The van der Waals surface area contributed by atoms with Crippen LogP contribution in [0.25, 0.3) is 0 Å². The summed E-state index contributed by atoms with van der Waals surface area (Å²) in [6, 6.07) is 0. The highest BCUT2D eigenvalue weighted by Crippen LogP contribution is 2.36. The van der Waals surface area contributed by atoms with Gasteiger partial charge in [-0.1, -0.05) is 136 Å². The lowest BCUT2D eigenvalue weighted by atomic mass is 9.84. The molecule has 0 amide bonds. The Hall–Kier alpha value is -3.53. The number of rotatable bonds is 19. The molecular weight excluding hydrogens is 1070 g/mol. The van der Waals surface area contributed by atoms with E-state index in [1.807, 2.05) is 20.0 Å². The van der Waals surface area contributed by atoms with Crippen molar-refractivity contribution in [1.29, 1.82) is 0 Å². The van der Waals surface area contributed by atoms with Gasteiger partial charge in [-0.2, -0.15) is 0 Å². The normalized spacial score (nSPS) is 35.6. The summed E-state index contributed by atoms with van der Waals surface area (Å²) in [5.41, 5.74) is 0.894. The third kappa shape index (κ3) is 30.4. The van der Waals surface area contributed by atoms with Crippen molar-refractivity contribution >= 4 is 17.9 Å². The first-order valence-electron chi connectivity index (χ1n) is 31.9. The quantitative estimate of drug-likeness (QED) is 0.0192. The van der Waals surface area contributed by atoms with Gasteiger partial charge in [-0.15, -0.1) is 0 Å². The van der Waals surface area contributed by atoms with Crippen LogP contribution in [0.1, 0.15) is 204 Å². The summed E-state index contributed by atoms with van der Waals surface area (Å²) < 4.78 is 18.3. The van der Waals surface area contributed by atoms with Gasteiger partial charge in [0.15, 0.2) is 11.7 Å². The highest BCUT2D eigenvalue weighted by Gasteiger charge is 2.50. The van der Waals surface area contributed by atoms with Gasteiger partial charge in [0.25, 0.3) is 0 Å². The fraction of sp³-hybridized carbons (Fsp3) is 0.803. The monoisotopic (exact) mass is 1190 g/mol. The first kappa shape index (κ1) is 76.6. The van der Waals surface area contributed by atoms with Gasteiger partial charge >= 0.3 is 11.9 Å². The Labute approximate surface area is 505 Å². The number of unbranched alkanes of at least 4 members (excludes halogenated alkanes) is 7. The first-order chi connectivity index (χ1) is 39.7. The van der Waals surface area contributed by atoms with Crippen LogP contribution in [0.2, 0.25) is 0 Å². The molecule has 84 heavy (non-hydrogen) atoms. The van der Waals surface area contributed by atoms with E-state index < -0.39 is 115 Å². The van der Waals surface area contributed by atoms with Crippen molar-refractivity contribution in [1.82, 2.24) is 10.6 Å². The molecule has 1 saturated heterocycles. The number of hydrogen-bond acceptors (Lipinski definition) is 16. The lowest BCUT2D eigenvalue weighted by Crippen LogP contribution is -2.60. The van der Waals surface area contributed by atoms with Crippen LogP contribution in [0.15, 0.2) is 64.7 Å². The Morgan fingerprint density at radius 3 is 2.02 bits per heavy atom. The van der Waals surface area contributed by atoms with E-state index in [9.17, 15) is 60.7 Å². The lowest BCUT2D eigenvalue weighted by molar-refractivity contribution is -0.333. The van der Waals surface area contributed by atoms with Crippen molar-refractivity contribution in [2.24, 2.45) is 40.5 Å². The van der Waals surface area contributed by atoms with Gasteiger partial charge in [0, 0.05) is 88.9 Å². The van der Waals surface area contributed by atoms with Gasteiger partial charge in [-0.3, -0.25) is 9.79 Å². The van der Waals surface area contributed by atoms with Crippen molar-refractivity contribution in [2.45, 2.75) is 283 Å². The molecule has 2 aliphatic rings. The molecule has 0 radical (unpaired) electrons. The molecule has 2 bridgehead atoms. The number of aliphatic hydroxyl groups excluding tert-OH is 9. The second kappa shape index (κ2) is 41.6. The van der Waals surface area contributed by atoms with Gasteiger partial charge in [0.2, 0.25) is 0 Å². The largest absolute Gasteiger partial charge is 0.462 e. The number of fused-ring (bicyclic) bond motifs is 2. The maximum absolute atomic E-state index is 13.7. The molecule has 12 N–H and O–H groups in total. The zero-order valence-electron chi connectivity index (χ0n) is 53.2. The number of carbonyl (C=O) groups excluding carboxylic acids is 2. The average molecular weight is 1190 g/mol. The minimum atomic E-state index is -2.43. The van der Waals surface area contributed by atoms with Crippen molar-refractivity contribution in [3.63, 3.8) is 0 Å². The van der Waals surface area contributed by atoms with E-state index in [4.69, 9.17) is 14.2 Å². The van der Waals surface area contributed by atoms with Gasteiger partial charge in [-0.05, 0) is 95.0 Å². The molecule has 18 nitrogen and oxygen atoms in total. The molecule has 0 saturated carbocycles. The molecule has 1 fully saturated rings. The summed E-state index contributed by atoms with van der Waals surface area (Å²) >= 11 is 0. The summed E-state index contributed by atoms with van der Waals surface area (Å²) in [4.78, 5) is 31.2. The molecule has 2 aliphatic heterocycles. The summed E-state index contributed by atoms with van der Waals surface area (Å²) in [5, 5.41) is 119. The molecule has 0 aliphatic carbocycles. The Bertz CT molecular complexity index is 2010. The van der Waals surface area contributed by atoms with Crippen molar-refractivity contribution in [3.8, 4) is 0 Å². The molecular formula is C66H117N3O15. The number of cyclic esters (lactones) is 1. The van der Waals surface area contributed by atoms with Crippen molar-refractivity contribution in [3.05, 3.63) is 59.8 Å². The van der Waals surface area contributed by atoms with Crippen LogP contribution in [0.5, 0.6) is 0 Å². The second-order valence-electron chi connectivity index (χ2n) is 25.3. The summed E-state index contributed by atoms with van der Waals surface area (Å²) in [6.07, 6.45) is 11.8. The van der Waals surface area contributed by atoms with Crippen LogP contribution in [0.3, 0.4) is 0 Å². The Balaban J connectivity index is 2.42. The van der Waals surface area contributed by atoms with Crippen LogP contribution >= 0.6 is 0 Å². The number of aliphatic imine (C=N–C) groups is 1. The number of aliphatic hydroxyl groups is 10. The lowest BCUT2D eigenvalue weighted by Gasteiger charge is -2.45. The van der Waals surface area contributed by atoms with Crippen LogP contribution in [0, 0.1) is 35.5 Å². The number of esters is 2. The molecule has 486 valence electrons. The SMILES string of the molecule is CN=C(NC)NCCC/C=C/CCC[C@H](C)[C@@H]1OC(=O)/C(C)=C/C=C/[C@H](C)[C@@H](O)C[C@H](O)[C@@H](C)[C@H](O)CC[C@H](C)[C@@H](O)C[C@@]2(O)O[C@@H](C[C@@H](OC(=O)CCCCCCCCC(C)C)C[C@H](O)C[C@@H](O)C[C@H](O)/C(C)=C/C=C/[C@H]1C)C[C@@H](O)[C@@H]2O. The maximum Gasteiger partial charge on any atom is 0.334 e. The van der Waals surface area contributed by atoms with E-state index >= 15 is 0 Å². The minimum absolute atomic E-state index is 0.0328. The molecule has 2 rings (SSSR count). The second-order valence-corrected chi connectivity index (χ2v) is 25.3. The standard InChI is InChI=1S/C66H117N3O15/c1-43(2)26-20-16-12-13-18-22-32-61(78)82-53-37-51(70)36-52(71)38-56(73)44(3)28-24-30-48(7)62(47(6)27-21-17-14-15-19-23-35-69-65(67-10)68-11)83-64(80)49(8)31-25-29-45(4)57(74)41-58(75)50(9)55(72)34-33-46(5)60(77)42-66(81)63(79)59(76)40-54(39-53)84-66/h14-15,24-25,28-31,43,45-48,50-60,62-63,70-77,79,81H,12-13,16-23,26-27,32-42H2,1-11H3,(H2,67,68,69)/b15-14+,29-25+,30-24+,44-28+,49-31+/t45-,46-,47-,48+,50-,51+,52+,53-,54-,55+,56-,57-,58-,59+,60-,62-,63-,66+/m0/s1.